The number of aromatic nitrogens is 1. The van der Waals surface area contributed by atoms with E-state index in [1.165, 1.54) is 0 Å². The van der Waals surface area contributed by atoms with Crippen LogP contribution in [0.5, 0.6) is 0 Å². The van der Waals surface area contributed by atoms with Crippen LogP contribution in [0.4, 0.5) is 0 Å². The summed E-state index contributed by atoms with van der Waals surface area (Å²) in [7, 11) is 0. The van der Waals surface area contributed by atoms with E-state index in [9.17, 15) is 4.79 Å². The SMILES string of the molecule is CC1(C)OC(=O)C(C#N)=C1/C=C/c1ccncc1. The van der Waals surface area contributed by atoms with Crippen molar-refractivity contribution in [1.82, 2.24) is 4.98 Å². The number of pyridine rings is 1. The van der Waals surface area contributed by atoms with Crippen molar-refractivity contribution in [3.8, 4) is 6.07 Å². The van der Waals surface area contributed by atoms with Gasteiger partial charge in [0.25, 0.3) is 0 Å². The molecule has 0 amide bonds. The maximum atomic E-state index is 11.5. The Morgan fingerprint density at radius 1 is 1.33 bits per heavy atom. The summed E-state index contributed by atoms with van der Waals surface area (Å²) in [5.74, 6) is -0.558. The Kier molecular flexibility index (Phi) is 2.99. The Labute approximate surface area is 105 Å². The Balaban J connectivity index is 2.38. The van der Waals surface area contributed by atoms with Crippen LogP contribution in [-0.2, 0) is 9.53 Å². The van der Waals surface area contributed by atoms with Gasteiger partial charge in [-0.3, -0.25) is 4.98 Å². The lowest BCUT2D eigenvalue weighted by Crippen LogP contribution is -2.22. The number of ether oxygens (including phenoxy) is 1. The number of hydrogen-bond donors (Lipinski definition) is 0. The van der Waals surface area contributed by atoms with Gasteiger partial charge in [0.05, 0.1) is 0 Å². The molecule has 2 rings (SSSR count). The zero-order chi connectivity index (χ0) is 13.2. The van der Waals surface area contributed by atoms with Gasteiger partial charge in [0.1, 0.15) is 17.2 Å². The summed E-state index contributed by atoms with van der Waals surface area (Å²) in [5, 5.41) is 8.98. The van der Waals surface area contributed by atoms with E-state index in [1.54, 1.807) is 32.3 Å². The Morgan fingerprint density at radius 3 is 2.61 bits per heavy atom. The lowest BCUT2D eigenvalue weighted by molar-refractivity contribution is -0.144. The molecule has 0 bridgehead atoms. The van der Waals surface area contributed by atoms with Gasteiger partial charge in [0.15, 0.2) is 0 Å². The maximum absolute atomic E-state index is 11.5. The first-order valence-corrected chi connectivity index (χ1v) is 5.51. The van der Waals surface area contributed by atoms with Crippen LogP contribution in [0.25, 0.3) is 6.08 Å². The molecule has 0 atom stereocenters. The van der Waals surface area contributed by atoms with E-state index in [4.69, 9.17) is 10.00 Å². The third-order valence-corrected chi connectivity index (χ3v) is 2.73. The smallest absolute Gasteiger partial charge is 0.350 e. The van der Waals surface area contributed by atoms with Crippen molar-refractivity contribution >= 4 is 12.0 Å². The minimum absolute atomic E-state index is 0.0744. The molecule has 0 N–H and O–H groups in total. The molecule has 0 spiro atoms. The summed E-state index contributed by atoms with van der Waals surface area (Å²) in [6.45, 7) is 3.53. The van der Waals surface area contributed by atoms with E-state index in [1.807, 2.05) is 24.3 Å². The van der Waals surface area contributed by atoms with Crippen molar-refractivity contribution in [2.24, 2.45) is 0 Å². The molecule has 0 radical (unpaired) electrons. The average Bonchev–Trinajstić information content (AvgIpc) is 2.56. The highest BCUT2D eigenvalue weighted by atomic mass is 16.6. The number of carbonyl (C=O) groups is 1. The minimum Gasteiger partial charge on any atom is -0.451 e. The van der Waals surface area contributed by atoms with Crippen LogP contribution in [0.15, 0.2) is 41.7 Å². The van der Waals surface area contributed by atoms with E-state index in [0.717, 1.165) is 5.56 Å². The van der Waals surface area contributed by atoms with Gasteiger partial charge in [-0.25, -0.2) is 4.79 Å². The second kappa shape index (κ2) is 4.46. The predicted octanol–water partition coefficient (Wildman–Crippen LogP) is 2.25. The first-order valence-electron chi connectivity index (χ1n) is 5.51. The molecule has 1 aromatic heterocycles. The van der Waals surface area contributed by atoms with E-state index in [0.29, 0.717) is 5.57 Å². The molecule has 0 saturated carbocycles. The summed E-state index contributed by atoms with van der Waals surface area (Å²) in [5.41, 5.74) is 0.869. The molecule has 2 heterocycles. The molecule has 0 aliphatic carbocycles. The van der Waals surface area contributed by atoms with Crippen LogP contribution in [0.2, 0.25) is 0 Å². The zero-order valence-electron chi connectivity index (χ0n) is 10.2. The first kappa shape index (κ1) is 12.1. The van der Waals surface area contributed by atoms with Gasteiger partial charge in [0.2, 0.25) is 0 Å². The number of hydrogen-bond acceptors (Lipinski definition) is 4. The molecule has 0 fully saturated rings. The molecule has 4 nitrogen and oxygen atoms in total. The second-order valence-corrected chi connectivity index (χ2v) is 4.41. The maximum Gasteiger partial charge on any atom is 0.350 e. The normalized spacial score (nSPS) is 17.9. The van der Waals surface area contributed by atoms with Crippen LogP contribution in [-0.4, -0.2) is 16.6 Å². The lowest BCUT2D eigenvalue weighted by Gasteiger charge is -2.18. The van der Waals surface area contributed by atoms with Crippen LogP contribution in [0.3, 0.4) is 0 Å². The molecule has 1 aliphatic rings. The Hall–Kier alpha value is -2.41. The Morgan fingerprint density at radius 2 is 2.00 bits per heavy atom. The third-order valence-electron chi connectivity index (χ3n) is 2.73. The van der Waals surface area contributed by atoms with E-state index in [-0.39, 0.29) is 5.57 Å². The summed E-state index contributed by atoms with van der Waals surface area (Å²) >= 11 is 0. The summed E-state index contributed by atoms with van der Waals surface area (Å²) in [4.78, 5) is 15.4. The number of rotatable bonds is 2. The van der Waals surface area contributed by atoms with Crippen LogP contribution in [0, 0.1) is 11.3 Å². The van der Waals surface area contributed by atoms with Crippen molar-refractivity contribution in [2.75, 3.05) is 0 Å². The summed E-state index contributed by atoms with van der Waals surface area (Å²) in [6.07, 6.45) is 6.94. The fourth-order valence-corrected chi connectivity index (χ4v) is 1.79. The molecule has 90 valence electrons. The molecule has 0 aromatic carbocycles. The highest BCUT2D eigenvalue weighted by Gasteiger charge is 2.39. The fourth-order valence-electron chi connectivity index (χ4n) is 1.79. The summed E-state index contributed by atoms with van der Waals surface area (Å²) < 4.78 is 5.15. The van der Waals surface area contributed by atoms with Crippen molar-refractivity contribution in [1.29, 1.82) is 5.26 Å². The van der Waals surface area contributed by atoms with Crippen molar-refractivity contribution in [3.63, 3.8) is 0 Å². The van der Waals surface area contributed by atoms with Crippen molar-refractivity contribution < 1.29 is 9.53 Å². The Bertz CT molecular complexity index is 578. The highest BCUT2D eigenvalue weighted by molar-refractivity contribution is 5.98. The van der Waals surface area contributed by atoms with Crippen molar-refractivity contribution in [3.05, 3.63) is 47.3 Å². The minimum atomic E-state index is -0.758. The average molecular weight is 240 g/mol. The van der Waals surface area contributed by atoms with E-state index >= 15 is 0 Å². The highest BCUT2D eigenvalue weighted by Crippen LogP contribution is 2.33. The van der Waals surface area contributed by atoms with Crippen LogP contribution >= 0.6 is 0 Å². The molecule has 0 saturated heterocycles. The van der Waals surface area contributed by atoms with Gasteiger partial charge in [-0.2, -0.15) is 5.26 Å². The predicted molar refractivity (Wildman–Crippen MR) is 66.1 cm³/mol. The molecule has 1 aromatic rings. The van der Waals surface area contributed by atoms with Gasteiger partial charge in [-0.05, 0) is 31.5 Å². The van der Waals surface area contributed by atoms with Crippen molar-refractivity contribution in [2.45, 2.75) is 19.4 Å². The monoisotopic (exact) mass is 240 g/mol. The van der Waals surface area contributed by atoms with Crippen LogP contribution in [0.1, 0.15) is 19.4 Å². The van der Waals surface area contributed by atoms with E-state index in [2.05, 4.69) is 4.98 Å². The van der Waals surface area contributed by atoms with Gasteiger partial charge in [-0.1, -0.05) is 12.2 Å². The number of cyclic esters (lactones) is 1. The van der Waals surface area contributed by atoms with Gasteiger partial charge < -0.3 is 4.74 Å². The molecule has 0 unspecified atom stereocenters. The summed E-state index contributed by atoms with van der Waals surface area (Å²) in [6, 6.07) is 5.58. The van der Waals surface area contributed by atoms with Gasteiger partial charge in [0, 0.05) is 18.0 Å². The molecule has 4 heteroatoms. The second-order valence-electron chi connectivity index (χ2n) is 4.41. The number of nitriles is 1. The number of carbonyl (C=O) groups excluding carboxylic acids is 1. The molecular weight excluding hydrogens is 228 g/mol. The lowest BCUT2D eigenvalue weighted by atomic mass is 9.95. The molecule has 18 heavy (non-hydrogen) atoms. The fraction of sp³-hybridized carbons (Fsp3) is 0.214. The topological polar surface area (TPSA) is 63.0 Å². The van der Waals surface area contributed by atoms with Crippen LogP contribution < -0.4 is 0 Å². The molecular formula is C14H12N2O2. The van der Waals surface area contributed by atoms with E-state index < -0.39 is 11.6 Å². The zero-order valence-corrected chi connectivity index (χ0v) is 10.2. The quantitative estimate of drug-likeness (QED) is 0.744. The standard InChI is InChI=1S/C14H12N2O2/c1-14(2)12(11(9-15)13(17)18-14)4-3-10-5-7-16-8-6-10/h3-8H,1-2H3/b4-3+. The third kappa shape index (κ3) is 2.16. The first-order chi connectivity index (χ1) is 8.54. The number of esters is 1. The number of nitrogens with zero attached hydrogens (tertiary/aromatic N) is 2. The largest absolute Gasteiger partial charge is 0.451 e. The van der Waals surface area contributed by atoms with Gasteiger partial charge in [-0.15, -0.1) is 0 Å². The van der Waals surface area contributed by atoms with Gasteiger partial charge >= 0.3 is 5.97 Å². The molecule has 1 aliphatic heterocycles.